The Balaban J connectivity index is 2.01. The third-order valence-electron chi connectivity index (χ3n) is 3.99. The Kier molecular flexibility index (Phi) is 3.68. The van der Waals surface area contributed by atoms with E-state index in [9.17, 15) is 9.18 Å². The van der Waals surface area contributed by atoms with Crippen molar-refractivity contribution in [2.75, 3.05) is 13.1 Å². The molecule has 0 aliphatic carbocycles. The monoisotopic (exact) mass is 271 g/mol. The van der Waals surface area contributed by atoms with Gasteiger partial charge < -0.3 is 4.90 Å². The van der Waals surface area contributed by atoms with Crippen LogP contribution in [0.1, 0.15) is 36.0 Å². The van der Waals surface area contributed by atoms with E-state index in [0.717, 1.165) is 25.9 Å². The summed E-state index contributed by atoms with van der Waals surface area (Å²) in [6.45, 7) is 1.62. The summed E-state index contributed by atoms with van der Waals surface area (Å²) in [6, 6.07) is 10.2. The highest BCUT2D eigenvalue weighted by Gasteiger charge is 2.19. The van der Waals surface area contributed by atoms with Crippen LogP contribution < -0.4 is 0 Å². The molecular weight excluding hydrogens is 253 g/mol. The SMILES string of the molecule is O=C(c1ccc(F)c2ccccc12)N1CCCCCC1. The Morgan fingerprint density at radius 3 is 2.25 bits per heavy atom. The van der Waals surface area contributed by atoms with Crippen LogP contribution in [0.5, 0.6) is 0 Å². The van der Waals surface area contributed by atoms with Gasteiger partial charge in [0.2, 0.25) is 0 Å². The highest BCUT2D eigenvalue weighted by molar-refractivity contribution is 6.07. The van der Waals surface area contributed by atoms with Crippen molar-refractivity contribution in [3.63, 3.8) is 0 Å². The summed E-state index contributed by atoms with van der Waals surface area (Å²) >= 11 is 0. The second-order valence-electron chi connectivity index (χ2n) is 5.35. The van der Waals surface area contributed by atoms with Crippen LogP contribution in [0.15, 0.2) is 36.4 Å². The lowest BCUT2D eigenvalue weighted by molar-refractivity contribution is 0.0763. The van der Waals surface area contributed by atoms with Crippen molar-refractivity contribution in [3.05, 3.63) is 47.8 Å². The van der Waals surface area contributed by atoms with Crippen molar-refractivity contribution >= 4 is 16.7 Å². The molecule has 1 aliphatic heterocycles. The third kappa shape index (κ3) is 2.40. The predicted molar refractivity (Wildman–Crippen MR) is 78.3 cm³/mol. The van der Waals surface area contributed by atoms with Crippen LogP contribution in [0.3, 0.4) is 0 Å². The molecule has 0 unspecified atom stereocenters. The maximum Gasteiger partial charge on any atom is 0.254 e. The number of fused-ring (bicyclic) bond motifs is 1. The highest BCUT2D eigenvalue weighted by Crippen LogP contribution is 2.24. The summed E-state index contributed by atoms with van der Waals surface area (Å²) in [5.74, 6) is -0.240. The Hall–Kier alpha value is -1.90. The predicted octanol–water partition coefficient (Wildman–Crippen LogP) is 4.00. The molecule has 2 nitrogen and oxygen atoms in total. The number of benzene rings is 2. The van der Waals surface area contributed by atoms with E-state index < -0.39 is 0 Å². The van der Waals surface area contributed by atoms with Crippen molar-refractivity contribution in [2.24, 2.45) is 0 Å². The number of rotatable bonds is 1. The average Bonchev–Trinajstić information content (AvgIpc) is 2.76. The van der Waals surface area contributed by atoms with E-state index in [0.29, 0.717) is 16.3 Å². The minimum absolute atomic E-state index is 0.0306. The molecule has 104 valence electrons. The number of hydrogen-bond acceptors (Lipinski definition) is 1. The fourth-order valence-electron chi connectivity index (χ4n) is 2.89. The summed E-state index contributed by atoms with van der Waals surface area (Å²) in [7, 11) is 0. The van der Waals surface area contributed by atoms with Gasteiger partial charge in [-0.3, -0.25) is 4.79 Å². The number of hydrogen-bond donors (Lipinski definition) is 0. The molecule has 2 aromatic rings. The Morgan fingerprint density at radius 2 is 1.55 bits per heavy atom. The lowest BCUT2D eigenvalue weighted by Crippen LogP contribution is -2.32. The first kappa shape index (κ1) is 13.1. The first-order valence-corrected chi connectivity index (χ1v) is 7.24. The van der Waals surface area contributed by atoms with Crippen LogP contribution in [0.25, 0.3) is 10.8 Å². The van der Waals surface area contributed by atoms with Crippen LogP contribution in [0, 0.1) is 5.82 Å². The van der Waals surface area contributed by atoms with E-state index in [1.807, 2.05) is 17.0 Å². The minimum atomic E-state index is -0.270. The second kappa shape index (κ2) is 5.61. The van der Waals surface area contributed by atoms with Crippen molar-refractivity contribution < 1.29 is 9.18 Å². The zero-order valence-electron chi connectivity index (χ0n) is 11.4. The zero-order chi connectivity index (χ0) is 13.9. The molecule has 0 spiro atoms. The number of nitrogens with zero attached hydrogens (tertiary/aromatic N) is 1. The van der Waals surface area contributed by atoms with Crippen molar-refractivity contribution in [1.29, 1.82) is 0 Å². The molecule has 1 fully saturated rings. The molecule has 0 atom stereocenters. The minimum Gasteiger partial charge on any atom is -0.339 e. The van der Waals surface area contributed by atoms with Gasteiger partial charge in [0.05, 0.1) is 0 Å². The van der Waals surface area contributed by atoms with Gasteiger partial charge in [0.1, 0.15) is 5.82 Å². The molecule has 1 heterocycles. The Labute approximate surface area is 118 Å². The second-order valence-corrected chi connectivity index (χ2v) is 5.35. The summed E-state index contributed by atoms with van der Waals surface area (Å²) in [6.07, 6.45) is 4.50. The van der Waals surface area contributed by atoms with Crippen molar-refractivity contribution in [1.82, 2.24) is 4.90 Å². The van der Waals surface area contributed by atoms with Gasteiger partial charge in [0.15, 0.2) is 0 Å². The molecule has 3 heteroatoms. The van der Waals surface area contributed by atoms with E-state index in [1.165, 1.54) is 18.9 Å². The average molecular weight is 271 g/mol. The summed E-state index contributed by atoms with van der Waals surface area (Å²) < 4.78 is 13.8. The van der Waals surface area contributed by atoms with E-state index in [4.69, 9.17) is 0 Å². The Morgan fingerprint density at radius 1 is 0.900 bits per heavy atom. The number of carbonyl (C=O) groups is 1. The third-order valence-corrected chi connectivity index (χ3v) is 3.99. The van der Waals surface area contributed by atoms with Gasteiger partial charge in [-0.15, -0.1) is 0 Å². The first-order chi connectivity index (χ1) is 9.77. The van der Waals surface area contributed by atoms with Crippen molar-refractivity contribution in [3.8, 4) is 0 Å². The molecule has 1 saturated heterocycles. The molecule has 0 saturated carbocycles. The molecule has 0 radical (unpaired) electrons. The van der Waals surface area contributed by atoms with Crippen molar-refractivity contribution in [2.45, 2.75) is 25.7 Å². The van der Waals surface area contributed by atoms with Gasteiger partial charge in [0, 0.05) is 24.0 Å². The fourth-order valence-corrected chi connectivity index (χ4v) is 2.89. The maximum absolute atomic E-state index is 13.8. The van der Waals surface area contributed by atoms with E-state index in [2.05, 4.69) is 0 Å². The molecule has 2 aromatic carbocycles. The standard InChI is InChI=1S/C17H18FNO/c18-16-10-9-15(13-7-3-4-8-14(13)16)17(20)19-11-5-1-2-6-12-19/h3-4,7-10H,1-2,5-6,11-12H2. The summed E-state index contributed by atoms with van der Waals surface area (Å²) in [5, 5.41) is 1.23. The van der Waals surface area contributed by atoms with E-state index in [-0.39, 0.29) is 11.7 Å². The summed E-state index contributed by atoms with van der Waals surface area (Å²) in [5.41, 5.74) is 0.615. The number of carbonyl (C=O) groups excluding carboxylic acids is 1. The summed E-state index contributed by atoms with van der Waals surface area (Å²) in [4.78, 5) is 14.6. The van der Waals surface area contributed by atoms with Crippen LogP contribution in [-0.2, 0) is 0 Å². The van der Waals surface area contributed by atoms with Crippen LogP contribution in [0.4, 0.5) is 4.39 Å². The lowest BCUT2D eigenvalue weighted by atomic mass is 10.0. The van der Waals surface area contributed by atoms with E-state index >= 15 is 0 Å². The maximum atomic E-state index is 13.8. The van der Waals surface area contributed by atoms with Gasteiger partial charge in [-0.2, -0.15) is 0 Å². The fraction of sp³-hybridized carbons (Fsp3) is 0.353. The highest BCUT2D eigenvalue weighted by atomic mass is 19.1. The number of likely N-dealkylation sites (tertiary alicyclic amines) is 1. The molecule has 20 heavy (non-hydrogen) atoms. The Bertz CT molecular complexity index is 630. The van der Waals surface area contributed by atoms with Gasteiger partial charge in [-0.1, -0.05) is 37.1 Å². The number of amides is 1. The van der Waals surface area contributed by atoms with Crippen LogP contribution in [-0.4, -0.2) is 23.9 Å². The quantitative estimate of drug-likeness (QED) is 0.768. The molecule has 0 aromatic heterocycles. The van der Waals surface area contributed by atoms with Gasteiger partial charge in [-0.05, 0) is 30.4 Å². The molecule has 3 rings (SSSR count). The molecular formula is C17H18FNO. The van der Waals surface area contributed by atoms with Gasteiger partial charge in [-0.25, -0.2) is 4.39 Å². The number of halogens is 1. The van der Waals surface area contributed by atoms with Gasteiger partial charge in [0.25, 0.3) is 5.91 Å². The van der Waals surface area contributed by atoms with Gasteiger partial charge >= 0.3 is 0 Å². The lowest BCUT2D eigenvalue weighted by Gasteiger charge is -2.21. The smallest absolute Gasteiger partial charge is 0.254 e. The van der Waals surface area contributed by atoms with Crippen LogP contribution in [0.2, 0.25) is 0 Å². The topological polar surface area (TPSA) is 20.3 Å². The molecule has 1 aliphatic rings. The zero-order valence-corrected chi connectivity index (χ0v) is 11.4. The largest absolute Gasteiger partial charge is 0.339 e. The molecule has 0 N–H and O–H groups in total. The first-order valence-electron chi connectivity index (χ1n) is 7.24. The normalized spacial score (nSPS) is 16.1. The molecule has 1 amide bonds. The van der Waals surface area contributed by atoms with Crippen LogP contribution >= 0.6 is 0 Å². The molecule has 0 bridgehead atoms. The van der Waals surface area contributed by atoms with E-state index in [1.54, 1.807) is 18.2 Å².